The molecule has 1 amide bonds. The summed E-state index contributed by atoms with van der Waals surface area (Å²) in [5.41, 5.74) is -1.88. The minimum atomic E-state index is -4.86. The van der Waals surface area contributed by atoms with Gasteiger partial charge in [-0.1, -0.05) is 12.1 Å². The zero-order valence-electron chi connectivity index (χ0n) is 16.0. The number of alkyl halides is 3. The third kappa shape index (κ3) is 4.89. The number of phenolic OH excluding ortho intramolecular Hbond substituents is 1. The molecule has 13 heteroatoms. The molecule has 1 atom stereocenters. The molecule has 0 fully saturated rings. The van der Waals surface area contributed by atoms with E-state index in [1.54, 1.807) is 24.3 Å². The Morgan fingerprint density at radius 3 is 2.23 bits per heavy atom. The first kappa shape index (κ1) is 22.8. The number of aromatic hydroxyl groups is 1. The Balaban J connectivity index is 2.03. The van der Waals surface area contributed by atoms with E-state index in [9.17, 15) is 27.6 Å². The first-order chi connectivity index (χ1) is 14.5. The third-order valence-electron chi connectivity index (χ3n) is 4.05. The van der Waals surface area contributed by atoms with E-state index in [1.807, 2.05) is 0 Å². The summed E-state index contributed by atoms with van der Waals surface area (Å²) in [7, 11) is 2.53. The number of para-hydroxylation sites is 1. The second-order valence-corrected chi connectivity index (χ2v) is 8.10. The first-order valence-corrected chi connectivity index (χ1v) is 10.4. The molecule has 1 aromatic heterocycles. The Bertz CT molecular complexity index is 1140. The van der Waals surface area contributed by atoms with Gasteiger partial charge in [0.05, 0.1) is 22.5 Å². The fourth-order valence-corrected chi connectivity index (χ4v) is 3.61. The van der Waals surface area contributed by atoms with Crippen LogP contribution < -0.4 is 10.6 Å². The van der Waals surface area contributed by atoms with Crippen molar-refractivity contribution in [1.82, 2.24) is 13.6 Å². The summed E-state index contributed by atoms with van der Waals surface area (Å²) in [6.07, 6.45) is -4.86. The van der Waals surface area contributed by atoms with E-state index in [4.69, 9.17) is 0 Å². The molecule has 31 heavy (non-hydrogen) atoms. The highest BCUT2D eigenvalue weighted by Gasteiger charge is 2.38. The van der Waals surface area contributed by atoms with Gasteiger partial charge in [-0.15, -0.1) is 0 Å². The van der Waals surface area contributed by atoms with Gasteiger partial charge in [0, 0.05) is 27.3 Å². The molecule has 3 aromatic rings. The molecule has 0 aliphatic heterocycles. The van der Waals surface area contributed by atoms with Crippen molar-refractivity contribution in [3.8, 4) is 5.75 Å². The maximum atomic E-state index is 13.4. The third-order valence-corrected chi connectivity index (χ3v) is 5.42. The summed E-state index contributed by atoms with van der Waals surface area (Å²) in [6, 6.07) is 8.59. The smallest absolute Gasteiger partial charge is 0.417 e. The highest BCUT2D eigenvalue weighted by molar-refractivity contribution is 9.10. The van der Waals surface area contributed by atoms with E-state index in [1.165, 1.54) is 14.1 Å². The lowest BCUT2D eigenvalue weighted by Crippen LogP contribution is -2.25. The molecule has 0 bridgehead atoms. The molecule has 2 aromatic carbocycles. The van der Waals surface area contributed by atoms with Crippen molar-refractivity contribution in [2.75, 3.05) is 24.7 Å². The summed E-state index contributed by atoms with van der Waals surface area (Å²) in [5, 5.41) is 16.0. The average molecular weight is 518 g/mol. The molecule has 0 saturated heterocycles. The molecule has 0 radical (unpaired) electrons. The lowest BCUT2D eigenvalue weighted by Gasteiger charge is -2.19. The van der Waals surface area contributed by atoms with Gasteiger partial charge in [0.15, 0.2) is 16.9 Å². The lowest BCUT2D eigenvalue weighted by molar-refractivity contribution is -0.138. The molecule has 0 aliphatic carbocycles. The van der Waals surface area contributed by atoms with Crippen LogP contribution in [-0.4, -0.2) is 43.3 Å². The number of carbonyl (C=O) groups excluding carboxylic acids is 1. The maximum Gasteiger partial charge on any atom is 0.417 e. The second-order valence-electron chi connectivity index (χ2n) is 6.42. The lowest BCUT2D eigenvalue weighted by atomic mass is 10.0. The van der Waals surface area contributed by atoms with Gasteiger partial charge in [-0.2, -0.15) is 13.2 Å². The molecule has 1 heterocycles. The van der Waals surface area contributed by atoms with E-state index < -0.39 is 40.1 Å². The van der Waals surface area contributed by atoms with Crippen molar-refractivity contribution in [1.29, 1.82) is 0 Å². The highest BCUT2D eigenvalue weighted by Crippen LogP contribution is 2.41. The molecule has 1 unspecified atom stereocenters. The van der Waals surface area contributed by atoms with E-state index in [2.05, 4.69) is 35.3 Å². The van der Waals surface area contributed by atoms with Crippen molar-refractivity contribution in [3.63, 3.8) is 0 Å². The molecule has 3 rings (SSSR count). The van der Waals surface area contributed by atoms with Crippen LogP contribution in [0.2, 0.25) is 0 Å². The summed E-state index contributed by atoms with van der Waals surface area (Å²) in [4.78, 5) is 13.2. The van der Waals surface area contributed by atoms with Crippen LogP contribution >= 0.6 is 27.1 Å². The molecule has 3 N–H and O–H groups in total. The second kappa shape index (κ2) is 8.69. The van der Waals surface area contributed by atoms with Gasteiger partial charge in [-0.3, -0.25) is 4.79 Å². The van der Waals surface area contributed by atoms with Gasteiger partial charge < -0.3 is 25.2 Å². The number of nitrogens with zero attached hydrogens (tertiary/aromatic N) is 3. The monoisotopic (exact) mass is 517 g/mol. The number of aromatic nitrogens is 2. The van der Waals surface area contributed by atoms with Gasteiger partial charge in [0.1, 0.15) is 0 Å². The normalized spacial score (nSPS) is 11.9. The Labute approximate surface area is 186 Å². The number of amides is 1. The molecule has 8 nitrogen and oxygen atoms in total. The number of hydrogen-bond donors (Lipinski definition) is 3. The van der Waals surface area contributed by atoms with Crippen molar-refractivity contribution < 1.29 is 27.6 Å². The average Bonchev–Trinajstić information content (AvgIpc) is 3.02. The number of hydrogen-bond acceptors (Lipinski definition) is 7. The summed E-state index contributed by atoms with van der Waals surface area (Å²) < 4.78 is 60.3. The van der Waals surface area contributed by atoms with E-state index in [0.29, 0.717) is 16.2 Å². The number of rotatable bonds is 5. The standard InChI is InChI=1S/C18H15BrF3N5O3S/c1-27(2)17(29)13-9(18(20,21)22)7-8-12(14(13)28)24-16-15(25-31(30)26-16)23-11-6-4-3-5-10(11)19/h3-8,28H,1-2H3,(H,23,25)(H,24,26). The van der Waals surface area contributed by atoms with Crippen molar-refractivity contribution in [3.05, 3.63) is 52.0 Å². The molecular formula is C18H15BrF3N5O3S. The number of carbonyl (C=O) groups is 1. The molecule has 0 spiro atoms. The van der Waals surface area contributed by atoms with Gasteiger partial charge in [-0.25, -0.2) is 0 Å². The number of nitrogens with one attached hydrogen (secondary N) is 2. The number of phenols is 1. The van der Waals surface area contributed by atoms with Gasteiger partial charge >= 0.3 is 6.18 Å². The minimum absolute atomic E-state index is 0.0324. The van der Waals surface area contributed by atoms with Crippen LogP contribution in [0, 0.1) is 0 Å². The molecule has 0 aliphatic rings. The topological polar surface area (TPSA) is 113 Å². The Kier molecular flexibility index (Phi) is 6.38. The van der Waals surface area contributed by atoms with Gasteiger partial charge in [0.25, 0.3) is 5.91 Å². The zero-order chi connectivity index (χ0) is 22.9. The summed E-state index contributed by atoms with van der Waals surface area (Å²) >= 11 is 1.36. The number of halogens is 4. The number of anilines is 4. The van der Waals surface area contributed by atoms with Crippen LogP contribution in [0.4, 0.5) is 36.2 Å². The number of benzene rings is 2. The fourth-order valence-electron chi connectivity index (χ4n) is 2.61. The quantitative estimate of drug-likeness (QED) is 0.326. The first-order valence-electron chi connectivity index (χ1n) is 8.52. The van der Waals surface area contributed by atoms with E-state index >= 15 is 0 Å². The van der Waals surface area contributed by atoms with Crippen LogP contribution in [-0.2, 0) is 6.18 Å². The van der Waals surface area contributed by atoms with Crippen LogP contribution in [0.1, 0.15) is 15.9 Å². The van der Waals surface area contributed by atoms with Gasteiger partial charge in [-0.05, 0) is 40.2 Å². The van der Waals surface area contributed by atoms with Crippen molar-refractivity contribution in [2.24, 2.45) is 0 Å². The summed E-state index contributed by atoms with van der Waals surface area (Å²) in [6.45, 7) is 0. The molecular weight excluding hydrogens is 503 g/mol. The predicted molar refractivity (Wildman–Crippen MR) is 113 cm³/mol. The van der Waals surface area contributed by atoms with E-state index in [0.717, 1.165) is 11.0 Å². The Morgan fingerprint density at radius 2 is 1.68 bits per heavy atom. The van der Waals surface area contributed by atoms with Crippen LogP contribution in [0.5, 0.6) is 5.75 Å². The minimum Gasteiger partial charge on any atom is -0.546 e. The van der Waals surface area contributed by atoms with Crippen molar-refractivity contribution in [2.45, 2.75) is 6.18 Å². The zero-order valence-corrected chi connectivity index (χ0v) is 18.4. The van der Waals surface area contributed by atoms with Crippen LogP contribution in [0.15, 0.2) is 40.9 Å². The fraction of sp³-hybridized carbons (Fsp3) is 0.167. The Morgan fingerprint density at radius 1 is 1.10 bits per heavy atom. The van der Waals surface area contributed by atoms with Crippen LogP contribution in [0.25, 0.3) is 0 Å². The van der Waals surface area contributed by atoms with Crippen LogP contribution in [0.3, 0.4) is 0 Å². The van der Waals surface area contributed by atoms with E-state index in [-0.39, 0.29) is 17.3 Å². The maximum absolute atomic E-state index is 13.4. The predicted octanol–water partition coefficient (Wildman–Crippen LogP) is 4.88. The van der Waals surface area contributed by atoms with Gasteiger partial charge in [0.2, 0.25) is 11.6 Å². The molecule has 164 valence electrons. The SMILES string of the molecule is CN(C)C(=O)c1c(C(F)(F)F)ccc(Nc2n[s+]([O-])nc2Nc2ccccc2Br)c1O. The Hall–Kier alpha value is -2.90. The van der Waals surface area contributed by atoms with Crippen molar-refractivity contribution >= 4 is 56.0 Å². The summed E-state index contributed by atoms with van der Waals surface area (Å²) in [5.74, 6) is -2.02. The highest BCUT2D eigenvalue weighted by atomic mass is 79.9. The molecule has 0 saturated carbocycles. The largest absolute Gasteiger partial charge is 0.546 e.